The standard InChI is InChI=1S/C12H11ClN2S/c1-8-2-4-11(10(14)6-8)16-12-5-3-9(13)7-15-12/h2-7H,14H2,1H3. The lowest BCUT2D eigenvalue weighted by Gasteiger charge is -2.05. The highest BCUT2D eigenvalue weighted by Gasteiger charge is 2.03. The number of pyridine rings is 1. The Morgan fingerprint density at radius 1 is 1.25 bits per heavy atom. The van der Waals surface area contributed by atoms with Crippen LogP contribution in [0.1, 0.15) is 5.56 Å². The van der Waals surface area contributed by atoms with Crippen molar-refractivity contribution in [1.29, 1.82) is 0 Å². The van der Waals surface area contributed by atoms with Gasteiger partial charge in [-0.3, -0.25) is 0 Å². The Balaban J connectivity index is 2.23. The highest BCUT2D eigenvalue weighted by atomic mass is 35.5. The van der Waals surface area contributed by atoms with Crippen LogP contribution in [-0.4, -0.2) is 4.98 Å². The number of rotatable bonds is 2. The lowest BCUT2D eigenvalue weighted by molar-refractivity contribution is 1.13. The molecule has 2 N–H and O–H groups in total. The van der Waals surface area contributed by atoms with E-state index >= 15 is 0 Å². The summed E-state index contributed by atoms with van der Waals surface area (Å²) in [6.45, 7) is 2.02. The molecule has 0 aliphatic carbocycles. The van der Waals surface area contributed by atoms with E-state index in [0.717, 1.165) is 21.2 Å². The van der Waals surface area contributed by atoms with Crippen LogP contribution in [0.2, 0.25) is 5.02 Å². The topological polar surface area (TPSA) is 38.9 Å². The van der Waals surface area contributed by atoms with Gasteiger partial charge in [-0.2, -0.15) is 0 Å². The highest BCUT2D eigenvalue weighted by Crippen LogP contribution is 2.31. The number of aromatic nitrogens is 1. The number of hydrogen-bond acceptors (Lipinski definition) is 3. The van der Waals surface area contributed by atoms with E-state index < -0.39 is 0 Å². The molecule has 16 heavy (non-hydrogen) atoms. The molecule has 2 rings (SSSR count). The van der Waals surface area contributed by atoms with E-state index in [4.69, 9.17) is 17.3 Å². The van der Waals surface area contributed by atoms with Crippen LogP contribution in [0.5, 0.6) is 0 Å². The van der Waals surface area contributed by atoms with E-state index in [1.54, 1.807) is 6.20 Å². The molecule has 0 saturated heterocycles. The number of aryl methyl sites for hydroxylation is 1. The summed E-state index contributed by atoms with van der Waals surface area (Å²) in [4.78, 5) is 5.23. The summed E-state index contributed by atoms with van der Waals surface area (Å²) < 4.78 is 0. The van der Waals surface area contributed by atoms with Gasteiger partial charge < -0.3 is 5.73 Å². The molecule has 1 aromatic heterocycles. The number of anilines is 1. The number of nitrogens with two attached hydrogens (primary N) is 1. The van der Waals surface area contributed by atoms with E-state index in [2.05, 4.69) is 4.98 Å². The second-order valence-electron chi connectivity index (χ2n) is 3.46. The van der Waals surface area contributed by atoms with Crippen molar-refractivity contribution < 1.29 is 0 Å². The van der Waals surface area contributed by atoms with Crippen molar-refractivity contribution in [2.75, 3.05) is 5.73 Å². The molecule has 1 aromatic carbocycles. The first-order valence-electron chi connectivity index (χ1n) is 4.81. The van der Waals surface area contributed by atoms with Gasteiger partial charge in [-0.05, 0) is 36.8 Å². The first kappa shape index (κ1) is 11.3. The fraction of sp³-hybridized carbons (Fsp3) is 0.0833. The molecule has 82 valence electrons. The van der Waals surface area contributed by atoms with Crippen LogP contribution in [-0.2, 0) is 0 Å². The van der Waals surface area contributed by atoms with Crippen molar-refractivity contribution in [3.63, 3.8) is 0 Å². The predicted octanol–water partition coefficient (Wildman–Crippen LogP) is 3.78. The molecule has 0 unspecified atom stereocenters. The third-order valence-corrected chi connectivity index (χ3v) is 3.35. The van der Waals surface area contributed by atoms with E-state index in [1.165, 1.54) is 11.8 Å². The lowest BCUT2D eigenvalue weighted by Crippen LogP contribution is -1.89. The molecule has 0 aliphatic rings. The summed E-state index contributed by atoms with van der Waals surface area (Å²) in [5.41, 5.74) is 7.86. The summed E-state index contributed by atoms with van der Waals surface area (Å²) in [5, 5.41) is 1.53. The molecule has 0 bridgehead atoms. The summed E-state index contributed by atoms with van der Waals surface area (Å²) in [5.74, 6) is 0. The van der Waals surface area contributed by atoms with Crippen LogP contribution in [0.4, 0.5) is 5.69 Å². The molecule has 0 radical (unpaired) electrons. The molecule has 2 nitrogen and oxygen atoms in total. The lowest BCUT2D eigenvalue weighted by atomic mass is 10.2. The van der Waals surface area contributed by atoms with E-state index in [-0.39, 0.29) is 0 Å². The molecule has 0 saturated carbocycles. The van der Waals surface area contributed by atoms with Crippen molar-refractivity contribution in [3.05, 3.63) is 47.1 Å². The average molecular weight is 251 g/mol. The Morgan fingerprint density at radius 2 is 2.06 bits per heavy atom. The summed E-state index contributed by atoms with van der Waals surface area (Å²) in [6.07, 6.45) is 1.63. The molecule has 0 amide bonds. The summed E-state index contributed by atoms with van der Waals surface area (Å²) in [7, 11) is 0. The van der Waals surface area contributed by atoms with Gasteiger partial charge in [0, 0.05) is 16.8 Å². The van der Waals surface area contributed by atoms with Gasteiger partial charge in [0.25, 0.3) is 0 Å². The molecule has 2 aromatic rings. The monoisotopic (exact) mass is 250 g/mol. The molecule has 4 heteroatoms. The van der Waals surface area contributed by atoms with Gasteiger partial charge in [-0.15, -0.1) is 0 Å². The summed E-state index contributed by atoms with van der Waals surface area (Å²) in [6, 6.07) is 9.70. The maximum absolute atomic E-state index is 5.92. The zero-order valence-electron chi connectivity index (χ0n) is 8.77. The number of hydrogen-bond donors (Lipinski definition) is 1. The molecular weight excluding hydrogens is 240 g/mol. The highest BCUT2D eigenvalue weighted by molar-refractivity contribution is 7.99. The third-order valence-electron chi connectivity index (χ3n) is 2.08. The Morgan fingerprint density at radius 3 is 2.69 bits per heavy atom. The van der Waals surface area contributed by atoms with Gasteiger partial charge in [-0.25, -0.2) is 4.98 Å². The minimum atomic E-state index is 0.640. The van der Waals surface area contributed by atoms with E-state index in [1.807, 2.05) is 37.3 Å². The Kier molecular flexibility index (Phi) is 3.36. The van der Waals surface area contributed by atoms with Crippen LogP contribution in [0, 0.1) is 6.92 Å². The van der Waals surface area contributed by atoms with Crippen LogP contribution in [0.25, 0.3) is 0 Å². The predicted molar refractivity (Wildman–Crippen MR) is 69.0 cm³/mol. The minimum absolute atomic E-state index is 0.640. The van der Waals surface area contributed by atoms with Gasteiger partial charge in [0.05, 0.1) is 5.02 Å². The first-order valence-corrected chi connectivity index (χ1v) is 6.00. The number of nitrogens with zero attached hydrogens (tertiary/aromatic N) is 1. The van der Waals surface area contributed by atoms with Gasteiger partial charge >= 0.3 is 0 Å². The van der Waals surface area contributed by atoms with Crippen LogP contribution < -0.4 is 5.73 Å². The van der Waals surface area contributed by atoms with Crippen molar-refractivity contribution in [2.45, 2.75) is 16.8 Å². The molecule has 1 heterocycles. The number of benzene rings is 1. The smallest absolute Gasteiger partial charge is 0.101 e. The fourth-order valence-electron chi connectivity index (χ4n) is 1.30. The van der Waals surface area contributed by atoms with Gasteiger partial charge in [0.2, 0.25) is 0 Å². The second kappa shape index (κ2) is 4.76. The van der Waals surface area contributed by atoms with Crippen molar-refractivity contribution >= 4 is 29.1 Å². The zero-order chi connectivity index (χ0) is 11.5. The molecule has 0 atom stereocenters. The summed E-state index contributed by atoms with van der Waals surface area (Å²) >= 11 is 7.31. The van der Waals surface area contributed by atoms with E-state index in [0.29, 0.717) is 5.02 Å². The van der Waals surface area contributed by atoms with Gasteiger partial charge in [0.15, 0.2) is 0 Å². The normalized spacial score (nSPS) is 10.4. The average Bonchev–Trinajstić information content (AvgIpc) is 2.25. The maximum atomic E-state index is 5.92. The van der Waals surface area contributed by atoms with Gasteiger partial charge in [0.1, 0.15) is 5.03 Å². The largest absolute Gasteiger partial charge is 0.398 e. The number of halogens is 1. The minimum Gasteiger partial charge on any atom is -0.398 e. The Hall–Kier alpha value is -1.19. The first-order chi connectivity index (χ1) is 7.65. The molecule has 0 aliphatic heterocycles. The molecular formula is C12H11ClN2S. The Labute approximate surface area is 104 Å². The SMILES string of the molecule is Cc1ccc(Sc2ccc(Cl)cn2)c(N)c1. The van der Waals surface area contributed by atoms with Crippen molar-refractivity contribution in [1.82, 2.24) is 4.98 Å². The van der Waals surface area contributed by atoms with Gasteiger partial charge in [-0.1, -0.05) is 29.4 Å². The van der Waals surface area contributed by atoms with Crippen molar-refractivity contribution in [3.8, 4) is 0 Å². The molecule has 0 spiro atoms. The number of nitrogen functional groups attached to an aromatic ring is 1. The fourth-order valence-corrected chi connectivity index (χ4v) is 2.19. The van der Waals surface area contributed by atoms with Crippen LogP contribution >= 0.6 is 23.4 Å². The zero-order valence-corrected chi connectivity index (χ0v) is 10.3. The quantitative estimate of drug-likeness (QED) is 0.825. The molecule has 0 fully saturated rings. The third kappa shape index (κ3) is 2.68. The maximum Gasteiger partial charge on any atom is 0.101 e. The van der Waals surface area contributed by atoms with E-state index in [9.17, 15) is 0 Å². The van der Waals surface area contributed by atoms with Crippen LogP contribution in [0.15, 0.2) is 46.5 Å². The van der Waals surface area contributed by atoms with Crippen LogP contribution in [0.3, 0.4) is 0 Å². The second-order valence-corrected chi connectivity index (χ2v) is 4.96. The van der Waals surface area contributed by atoms with Crippen molar-refractivity contribution in [2.24, 2.45) is 0 Å². The Bertz CT molecular complexity index is 497.